The van der Waals surface area contributed by atoms with Gasteiger partial charge in [-0.3, -0.25) is 0 Å². The monoisotopic (exact) mass is 219 g/mol. The first-order chi connectivity index (χ1) is 7.29. The van der Waals surface area contributed by atoms with Crippen LogP contribution in [-0.2, 0) is 0 Å². The molecule has 0 saturated carbocycles. The van der Waals surface area contributed by atoms with Crippen molar-refractivity contribution in [3.05, 3.63) is 47.9 Å². The second-order valence-corrected chi connectivity index (χ2v) is 3.95. The molecule has 1 rings (SSSR count). The molecule has 1 aromatic rings. The van der Waals surface area contributed by atoms with E-state index in [9.17, 15) is 0 Å². The van der Waals surface area contributed by atoms with Crippen LogP contribution in [0.15, 0.2) is 42.3 Å². The largest absolute Gasteiger partial charge is 0.388 e. The van der Waals surface area contributed by atoms with Crippen molar-refractivity contribution >= 4 is 23.0 Å². The zero-order valence-electron chi connectivity index (χ0n) is 9.29. The number of rotatable bonds is 5. The molecule has 0 fully saturated rings. The molecule has 0 spiro atoms. The summed E-state index contributed by atoms with van der Waals surface area (Å²) in [6.45, 7) is 4.10. The van der Waals surface area contributed by atoms with Crippen molar-refractivity contribution in [2.45, 2.75) is 6.42 Å². The van der Waals surface area contributed by atoms with E-state index in [4.69, 9.17) is 0 Å². The predicted molar refractivity (Wildman–Crippen MR) is 72.3 cm³/mol. The highest BCUT2D eigenvalue weighted by Crippen LogP contribution is 2.24. The number of benzene rings is 1. The van der Waals surface area contributed by atoms with Crippen molar-refractivity contribution in [3.8, 4) is 0 Å². The summed E-state index contributed by atoms with van der Waals surface area (Å²) in [5.74, 6) is 0. The normalized spacial score (nSPS) is 10.5. The molecule has 1 aromatic carbocycles. The van der Waals surface area contributed by atoms with E-state index in [0.717, 1.165) is 17.7 Å². The Hall–Kier alpha value is -1.15. The van der Waals surface area contributed by atoms with Crippen LogP contribution in [0.3, 0.4) is 0 Å². The van der Waals surface area contributed by atoms with Gasteiger partial charge in [-0.1, -0.05) is 30.9 Å². The lowest BCUT2D eigenvalue weighted by molar-refractivity contribution is 1.39. The van der Waals surface area contributed by atoms with Gasteiger partial charge in [-0.2, -0.15) is 0 Å². The van der Waals surface area contributed by atoms with Crippen LogP contribution in [0.4, 0.5) is 5.69 Å². The predicted octanol–water partition coefficient (Wildman–Crippen LogP) is 4.01. The quantitative estimate of drug-likeness (QED) is 0.803. The Morgan fingerprint density at radius 3 is 2.87 bits per heavy atom. The van der Waals surface area contributed by atoms with Gasteiger partial charge in [-0.25, -0.2) is 0 Å². The maximum Gasteiger partial charge on any atom is 0.0413 e. The number of para-hydroxylation sites is 1. The summed E-state index contributed by atoms with van der Waals surface area (Å²) in [5.41, 5.74) is 3.48. The van der Waals surface area contributed by atoms with Gasteiger partial charge in [0.2, 0.25) is 0 Å². The minimum atomic E-state index is 0.902. The van der Waals surface area contributed by atoms with Crippen LogP contribution < -0.4 is 5.32 Å². The van der Waals surface area contributed by atoms with Gasteiger partial charge in [-0.15, -0.1) is 11.8 Å². The Labute approximate surface area is 96.3 Å². The number of anilines is 1. The van der Waals surface area contributed by atoms with Crippen LogP contribution in [0.2, 0.25) is 0 Å². The van der Waals surface area contributed by atoms with Crippen molar-refractivity contribution in [3.63, 3.8) is 0 Å². The molecule has 0 atom stereocenters. The Balaban J connectivity index is 2.77. The molecule has 0 unspecified atom stereocenters. The van der Waals surface area contributed by atoms with E-state index in [1.807, 2.05) is 19.2 Å². The molecule has 0 heterocycles. The first-order valence-electron chi connectivity index (χ1n) is 4.92. The second kappa shape index (κ2) is 6.36. The van der Waals surface area contributed by atoms with Gasteiger partial charge >= 0.3 is 0 Å². The number of hydrogen-bond donors (Lipinski definition) is 1. The molecule has 0 aromatic heterocycles. The van der Waals surface area contributed by atoms with E-state index < -0.39 is 0 Å². The van der Waals surface area contributed by atoms with Gasteiger partial charge in [0.15, 0.2) is 0 Å². The van der Waals surface area contributed by atoms with Crippen LogP contribution >= 0.6 is 11.8 Å². The molecule has 15 heavy (non-hydrogen) atoms. The molecular weight excluding hydrogens is 202 g/mol. The summed E-state index contributed by atoms with van der Waals surface area (Å²) < 4.78 is 0. The average molecular weight is 219 g/mol. The van der Waals surface area contributed by atoms with Gasteiger partial charge in [-0.05, 0) is 29.7 Å². The number of nitrogens with one attached hydrogen (secondary N) is 1. The van der Waals surface area contributed by atoms with Crippen LogP contribution in [0.5, 0.6) is 0 Å². The third-order valence-electron chi connectivity index (χ3n) is 2.17. The van der Waals surface area contributed by atoms with Crippen LogP contribution in [0, 0.1) is 0 Å². The summed E-state index contributed by atoms with van der Waals surface area (Å²) in [6.07, 6.45) is 5.10. The highest BCUT2D eigenvalue weighted by atomic mass is 32.2. The van der Waals surface area contributed by atoms with E-state index in [0.29, 0.717) is 0 Å². The minimum Gasteiger partial charge on any atom is -0.388 e. The topological polar surface area (TPSA) is 12.0 Å². The lowest BCUT2D eigenvalue weighted by Crippen LogP contribution is -1.93. The fourth-order valence-electron chi connectivity index (χ4n) is 1.41. The lowest BCUT2D eigenvalue weighted by Gasteiger charge is -2.09. The maximum absolute atomic E-state index is 4.10. The minimum absolute atomic E-state index is 0.902. The molecule has 1 nitrogen and oxygen atoms in total. The molecule has 0 radical (unpaired) electrons. The van der Waals surface area contributed by atoms with E-state index in [-0.39, 0.29) is 0 Å². The van der Waals surface area contributed by atoms with Gasteiger partial charge in [0.1, 0.15) is 0 Å². The molecule has 2 heteroatoms. The zero-order chi connectivity index (χ0) is 11.1. The summed E-state index contributed by atoms with van der Waals surface area (Å²) in [5, 5.41) is 5.27. The maximum atomic E-state index is 4.10. The molecule has 0 amide bonds. The van der Waals surface area contributed by atoms with Crippen molar-refractivity contribution in [2.75, 3.05) is 18.6 Å². The van der Waals surface area contributed by atoms with E-state index >= 15 is 0 Å². The molecule has 0 aliphatic carbocycles. The van der Waals surface area contributed by atoms with Gasteiger partial charge in [0.05, 0.1) is 0 Å². The van der Waals surface area contributed by atoms with Crippen LogP contribution in [-0.4, -0.2) is 13.3 Å². The SMILES string of the molecule is C=C(C/C=C\SC)c1ccccc1NC. The van der Waals surface area contributed by atoms with Crippen LogP contribution in [0.25, 0.3) is 5.57 Å². The molecule has 0 aliphatic heterocycles. The zero-order valence-corrected chi connectivity index (χ0v) is 10.1. The summed E-state index contributed by atoms with van der Waals surface area (Å²) >= 11 is 1.71. The summed E-state index contributed by atoms with van der Waals surface area (Å²) in [4.78, 5) is 0. The molecule has 0 saturated heterocycles. The van der Waals surface area contributed by atoms with Crippen molar-refractivity contribution < 1.29 is 0 Å². The standard InChI is InChI=1S/C13H17NS/c1-11(7-6-10-15-3)12-8-4-5-9-13(12)14-2/h4-6,8-10,14H,1,7H2,2-3H3/b10-6-. The van der Waals surface area contributed by atoms with E-state index in [1.165, 1.54) is 5.56 Å². The highest BCUT2D eigenvalue weighted by molar-refractivity contribution is 8.01. The van der Waals surface area contributed by atoms with Gasteiger partial charge in [0, 0.05) is 18.3 Å². The number of hydrogen-bond acceptors (Lipinski definition) is 2. The van der Waals surface area contributed by atoms with Crippen LogP contribution in [0.1, 0.15) is 12.0 Å². The number of thioether (sulfide) groups is 1. The average Bonchev–Trinajstić information content (AvgIpc) is 2.29. The molecule has 1 N–H and O–H groups in total. The van der Waals surface area contributed by atoms with Crippen molar-refractivity contribution in [2.24, 2.45) is 0 Å². The smallest absolute Gasteiger partial charge is 0.0413 e. The molecule has 0 bridgehead atoms. The van der Waals surface area contributed by atoms with Crippen molar-refractivity contribution in [1.29, 1.82) is 0 Å². The lowest BCUT2D eigenvalue weighted by atomic mass is 10.0. The van der Waals surface area contributed by atoms with E-state index in [2.05, 4.69) is 41.8 Å². The molecule has 0 aliphatic rings. The van der Waals surface area contributed by atoms with E-state index in [1.54, 1.807) is 11.8 Å². The summed E-state index contributed by atoms with van der Waals surface area (Å²) in [6, 6.07) is 8.24. The van der Waals surface area contributed by atoms with Gasteiger partial charge < -0.3 is 5.32 Å². The second-order valence-electron chi connectivity index (χ2n) is 3.21. The first kappa shape index (κ1) is 11.9. The Morgan fingerprint density at radius 1 is 1.47 bits per heavy atom. The Kier molecular flexibility index (Phi) is 5.05. The van der Waals surface area contributed by atoms with Gasteiger partial charge in [0.25, 0.3) is 0 Å². The Morgan fingerprint density at radius 2 is 2.20 bits per heavy atom. The Bertz CT molecular complexity index is 355. The fourth-order valence-corrected chi connectivity index (χ4v) is 1.69. The van der Waals surface area contributed by atoms with Crippen molar-refractivity contribution in [1.82, 2.24) is 0 Å². The molecule has 80 valence electrons. The number of allylic oxidation sites excluding steroid dienone is 2. The molecular formula is C13H17NS. The fraction of sp³-hybridized carbons (Fsp3) is 0.231. The summed E-state index contributed by atoms with van der Waals surface area (Å²) in [7, 11) is 1.93. The highest BCUT2D eigenvalue weighted by Gasteiger charge is 2.01. The first-order valence-corrected chi connectivity index (χ1v) is 6.21. The third kappa shape index (κ3) is 3.48. The third-order valence-corrected chi connectivity index (χ3v) is 2.64.